The molecule has 2 rings (SSSR count). The van der Waals surface area contributed by atoms with E-state index in [0.717, 1.165) is 5.69 Å². The topological polar surface area (TPSA) is 50.2 Å². The first-order chi connectivity index (χ1) is 8.29. The first-order valence-corrected chi connectivity index (χ1v) is 8.56. The van der Waals surface area contributed by atoms with Crippen LogP contribution in [0, 0.1) is 0 Å². The van der Waals surface area contributed by atoms with Crippen molar-refractivity contribution >= 4 is 22.1 Å². The maximum absolute atomic E-state index is 11.5. The Hall–Kier alpha value is -0.260. The van der Waals surface area contributed by atoms with Crippen LogP contribution < -0.4 is 0 Å². The summed E-state index contributed by atoms with van der Waals surface area (Å²) in [5, 5.41) is 12.0. The predicted molar refractivity (Wildman–Crippen MR) is 71.7 cm³/mol. The molecule has 0 spiro atoms. The van der Waals surface area contributed by atoms with Gasteiger partial charge in [-0.05, 0) is 12.8 Å². The Morgan fingerprint density at radius 2 is 2.18 bits per heavy atom. The maximum atomic E-state index is 11.5. The van der Waals surface area contributed by atoms with E-state index < -0.39 is 10.8 Å². The monoisotopic (exact) mass is 273 g/mol. The van der Waals surface area contributed by atoms with Crippen molar-refractivity contribution in [1.29, 1.82) is 0 Å². The van der Waals surface area contributed by atoms with Crippen LogP contribution in [-0.4, -0.2) is 26.7 Å². The number of aliphatic hydroxyl groups excluding tert-OH is 1. The molecule has 5 heteroatoms. The standard InChI is InChI=1S/C12H19NO2S2/c14-6-7-17(15)9-11-8-16-12(13-11)10-4-2-1-3-5-10/h8,10,14H,1-7,9H2. The number of thiazole rings is 1. The molecule has 1 saturated carbocycles. The van der Waals surface area contributed by atoms with Crippen molar-refractivity contribution in [3.05, 3.63) is 16.1 Å². The maximum Gasteiger partial charge on any atom is 0.0959 e. The highest BCUT2D eigenvalue weighted by Crippen LogP contribution is 2.34. The molecular formula is C12H19NO2S2. The second-order valence-corrected chi connectivity index (χ2v) is 6.99. The molecule has 17 heavy (non-hydrogen) atoms. The van der Waals surface area contributed by atoms with Gasteiger partial charge in [0.05, 0.1) is 23.1 Å². The van der Waals surface area contributed by atoms with Crippen LogP contribution >= 0.6 is 11.3 Å². The van der Waals surface area contributed by atoms with Crippen molar-refractivity contribution in [2.45, 2.75) is 43.8 Å². The lowest BCUT2D eigenvalue weighted by molar-refractivity contribution is 0.321. The molecule has 0 bridgehead atoms. The summed E-state index contributed by atoms with van der Waals surface area (Å²) in [5.41, 5.74) is 0.933. The summed E-state index contributed by atoms with van der Waals surface area (Å²) in [7, 11) is -0.968. The third-order valence-electron chi connectivity index (χ3n) is 3.15. The van der Waals surface area contributed by atoms with Gasteiger partial charge >= 0.3 is 0 Å². The molecule has 0 radical (unpaired) electrons. The minimum Gasteiger partial charge on any atom is -0.395 e. The average molecular weight is 273 g/mol. The summed E-state index contributed by atoms with van der Waals surface area (Å²) in [5.74, 6) is 1.48. The van der Waals surface area contributed by atoms with Gasteiger partial charge in [-0.25, -0.2) is 4.98 Å². The molecule has 1 N–H and O–H groups in total. The van der Waals surface area contributed by atoms with E-state index in [9.17, 15) is 4.21 Å². The van der Waals surface area contributed by atoms with Gasteiger partial charge in [-0.15, -0.1) is 11.3 Å². The van der Waals surface area contributed by atoms with Gasteiger partial charge < -0.3 is 5.11 Å². The van der Waals surface area contributed by atoms with Gasteiger partial charge in [-0.3, -0.25) is 4.21 Å². The highest BCUT2D eigenvalue weighted by Gasteiger charge is 2.18. The Kier molecular flexibility index (Phi) is 5.13. The second-order valence-electron chi connectivity index (χ2n) is 4.52. The fourth-order valence-corrected chi connectivity index (χ4v) is 4.19. The number of aliphatic hydroxyl groups is 1. The minimum absolute atomic E-state index is 0.00771. The SMILES string of the molecule is O=S(CCO)Cc1csc(C2CCCCC2)n1. The Morgan fingerprint density at radius 1 is 1.41 bits per heavy atom. The van der Waals surface area contributed by atoms with Crippen LogP contribution in [-0.2, 0) is 16.6 Å². The van der Waals surface area contributed by atoms with E-state index in [1.807, 2.05) is 5.38 Å². The quantitative estimate of drug-likeness (QED) is 0.896. The van der Waals surface area contributed by atoms with Crippen LogP contribution in [0.3, 0.4) is 0 Å². The number of nitrogens with zero attached hydrogens (tertiary/aromatic N) is 1. The molecule has 1 fully saturated rings. The van der Waals surface area contributed by atoms with Crippen molar-refractivity contribution in [1.82, 2.24) is 4.98 Å². The third-order valence-corrected chi connectivity index (χ3v) is 5.46. The smallest absolute Gasteiger partial charge is 0.0959 e. The van der Waals surface area contributed by atoms with Gasteiger partial charge in [0.1, 0.15) is 0 Å². The van der Waals surface area contributed by atoms with Crippen LogP contribution in [0.4, 0.5) is 0 Å². The molecule has 0 aliphatic heterocycles. The van der Waals surface area contributed by atoms with Gasteiger partial charge in [0, 0.05) is 27.9 Å². The van der Waals surface area contributed by atoms with E-state index in [0.29, 0.717) is 17.4 Å². The first-order valence-electron chi connectivity index (χ1n) is 6.19. The molecule has 1 aromatic rings. The van der Waals surface area contributed by atoms with Crippen molar-refractivity contribution in [2.75, 3.05) is 12.4 Å². The fourth-order valence-electron chi connectivity index (χ4n) is 2.26. The zero-order valence-electron chi connectivity index (χ0n) is 9.93. The highest BCUT2D eigenvalue weighted by molar-refractivity contribution is 7.84. The molecular weight excluding hydrogens is 254 g/mol. The van der Waals surface area contributed by atoms with Crippen molar-refractivity contribution < 1.29 is 9.32 Å². The predicted octanol–water partition coefficient (Wildman–Crippen LogP) is 2.43. The summed E-state index contributed by atoms with van der Waals surface area (Å²) in [6.45, 7) is -0.00771. The molecule has 1 heterocycles. The van der Waals surface area contributed by atoms with Gasteiger partial charge in [0.25, 0.3) is 0 Å². The zero-order valence-corrected chi connectivity index (χ0v) is 11.6. The van der Waals surface area contributed by atoms with Crippen LogP contribution in [0.1, 0.15) is 48.7 Å². The van der Waals surface area contributed by atoms with E-state index in [2.05, 4.69) is 4.98 Å². The summed E-state index contributed by atoms with van der Waals surface area (Å²) in [6, 6.07) is 0. The van der Waals surface area contributed by atoms with E-state index in [1.54, 1.807) is 11.3 Å². The van der Waals surface area contributed by atoms with Crippen molar-refractivity contribution in [3.63, 3.8) is 0 Å². The lowest BCUT2D eigenvalue weighted by Crippen LogP contribution is -2.06. The zero-order chi connectivity index (χ0) is 12.1. The van der Waals surface area contributed by atoms with Gasteiger partial charge in [0.15, 0.2) is 0 Å². The molecule has 0 aromatic carbocycles. The van der Waals surface area contributed by atoms with Gasteiger partial charge in [-0.1, -0.05) is 19.3 Å². The van der Waals surface area contributed by atoms with Crippen LogP contribution in [0.2, 0.25) is 0 Å². The van der Waals surface area contributed by atoms with E-state index in [1.165, 1.54) is 37.1 Å². The van der Waals surface area contributed by atoms with Crippen molar-refractivity contribution in [3.8, 4) is 0 Å². The molecule has 1 aliphatic carbocycles. The second kappa shape index (κ2) is 6.61. The normalized spacial score (nSPS) is 19.4. The average Bonchev–Trinajstić information content (AvgIpc) is 2.79. The van der Waals surface area contributed by atoms with Crippen LogP contribution in [0.5, 0.6) is 0 Å². The molecule has 1 unspecified atom stereocenters. The molecule has 1 aromatic heterocycles. The molecule has 0 saturated heterocycles. The lowest BCUT2D eigenvalue weighted by Gasteiger charge is -2.18. The Morgan fingerprint density at radius 3 is 2.88 bits per heavy atom. The van der Waals surface area contributed by atoms with E-state index in [4.69, 9.17) is 5.11 Å². The summed E-state index contributed by atoms with van der Waals surface area (Å²) < 4.78 is 11.5. The molecule has 0 amide bonds. The summed E-state index contributed by atoms with van der Waals surface area (Å²) in [4.78, 5) is 4.60. The van der Waals surface area contributed by atoms with E-state index >= 15 is 0 Å². The van der Waals surface area contributed by atoms with E-state index in [-0.39, 0.29) is 6.61 Å². The largest absolute Gasteiger partial charge is 0.395 e. The Bertz CT molecular complexity index is 372. The molecule has 3 nitrogen and oxygen atoms in total. The third kappa shape index (κ3) is 3.86. The van der Waals surface area contributed by atoms with Gasteiger partial charge in [-0.2, -0.15) is 0 Å². The fraction of sp³-hybridized carbons (Fsp3) is 0.750. The first kappa shape index (κ1) is 13.2. The van der Waals surface area contributed by atoms with Crippen LogP contribution in [0.15, 0.2) is 5.38 Å². The lowest BCUT2D eigenvalue weighted by atomic mass is 9.90. The molecule has 1 aliphatic rings. The number of hydrogen-bond donors (Lipinski definition) is 1. The van der Waals surface area contributed by atoms with Gasteiger partial charge in [0.2, 0.25) is 0 Å². The number of hydrogen-bond acceptors (Lipinski definition) is 4. The van der Waals surface area contributed by atoms with Crippen LogP contribution in [0.25, 0.3) is 0 Å². The molecule has 1 atom stereocenters. The highest BCUT2D eigenvalue weighted by atomic mass is 32.2. The van der Waals surface area contributed by atoms with Crippen molar-refractivity contribution in [2.24, 2.45) is 0 Å². The number of aromatic nitrogens is 1. The Balaban J connectivity index is 1.93. The summed E-state index contributed by atoms with van der Waals surface area (Å²) >= 11 is 1.71. The number of rotatable bonds is 5. The minimum atomic E-state index is -0.968. The Labute approximate surface area is 109 Å². The summed E-state index contributed by atoms with van der Waals surface area (Å²) in [6.07, 6.45) is 6.50. The molecule has 96 valence electrons.